The number of nitrogens with zero attached hydrogens (tertiary/aromatic N) is 4. The van der Waals surface area contributed by atoms with Crippen molar-refractivity contribution in [3.05, 3.63) is 87.2 Å². The highest BCUT2D eigenvalue weighted by Gasteiger charge is 2.18. The highest BCUT2D eigenvalue weighted by Crippen LogP contribution is 2.21. The van der Waals surface area contributed by atoms with Crippen LogP contribution < -0.4 is 10.9 Å². The molecule has 0 aliphatic heterocycles. The SMILES string of the molecule is Cc1ccc(-n2nc3c(=O)n(CC(=O)NCc4cccc(F)c4)nc(C)c3c2C)cc1. The molecule has 8 heteroatoms. The molecule has 0 saturated heterocycles. The van der Waals surface area contributed by atoms with Gasteiger partial charge < -0.3 is 5.32 Å². The summed E-state index contributed by atoms with van der Waals surface area (Å²) in [7, 11) is 0. The first-order valence-electron chi connectivity index (χ1n) is 9.88. The molecule has 31 heavy (non-hydrogen) atoms. The lowest BCUT2D eigenvalue weighted by molar-refractivity contribution is -0.122. The van der Waals surface area contributed by atoms with E-state index < -0.39 is 11.5 Å². The second kappa shape index (κ2) is 8.14. The number of aromatic nitrogens is 4. The van der Waals surface area contributed by atoms with Crippen molar-refractivity contribution < 1.29 is 9.18 Å². The first kappa shape index (κ1) is 20.5. The van der Waals surface area contributed by atoms with E-state index in [4.69, 9.17) is 0 Å². The molecule has 0 saturated carbocycles. The van der Waals surface area contributed by atoms with Gasteiger partial charge in [-0.1, -0.05) is 29.8 Å². The largest absolute Gasteiger partial charge is 0.350 e. The van der Waals surface area contributed by atoms with Crippen LogP contribution in [-0.4, -0.2) is 25.5 Å². The smallest absolute Gasteiger partial charge is 0.295 e. The Bertz CT molecular complexity index is 1340. The van der Waals surface area contributed by atoms with Crippen molar-refractivity contribution in [3.63, 3.8) is 0 Å². The zero-order valence-electron chi connectivity index (χ0n) is 17.5. The van der Waals surface area contributed by atoms with Gasteiger partial charge in [0.1, 0.15) is 12.4 Å². The predicted octanol–water partition coefficient (Wildman–Crippen LogP) is 2.96. The molecule has 158 valence electrons. The molecular weight excluding hydrogens is 397 g/mol. The average Bonchev–Trinajstić information content (AvgIpc) is 3.09. The third-order valence-electron chi connectivity index (χ3n) is 5.14. The van der Waals surface area contributed by atoms with Crippen molar-refractivity contribution in [2.75, 3.05) is 0 Å². The molecule has 2 aromatic carbocycles. The second-order valence-electron chi connectivity index (χ2n) is 7.51. The Kier molecular flexibility index (Phi) is 5.37. The maximum atomic E-state index is 13.3. The summed E-state index contributed by atoms with van der Waals surface area (Å²) in [6.07, 6.45) is 0. The van der Waals surface area contributed by atoms with E-state index in [1.54, 1.807) is 23.7 Å². The summed E-state index contributed by atoms with van der Waals surface area (Å²) in [5.74, 6) is -0.766. The molecule has 0 bridgehead atoms. The molecule has 0 fully saturated rings. The number of rotatable bonds is 5. The van der Waals surface area contributed by atoms with Gasteiger partial charge in [0.05, 0.1) is 22.5 Å². The number of carbonyl (C=O) groups is 1. The van der Waals surface area contributed by atoms with E-state index in [-0.39, 0.29) is 24.4 Å². The molecule has 0 spiro atoms. The number of amides is 1. The van der Waals surface area contributed by atoms with Gasteiger partial charge in [0.2, 0.25) is 5.91 Å². The van der Waals surface area contributed by atoms with Gasteiger partial charge >= 0.3 is 0 Å². The fourth-order valence-corrected chi connectivity index (χ4v) is 3.57. The van der Waals surface area contributed by atoms with E-state index >= 15 is 0 Å². The molecule has 2 aromatic heterocycles. The molecule has 1 N–H and O–H groups in total. The number of benzene rings is 2. The molecule has 0 radical (unpaired) electrons. The van der Waals surface area contributed by atoms with Crippen molar-refractivity contribution in [1.29, 1.82) is 0 Å². The highest BCUT2D eigenvalue weighted by atomic mass is 19.1. The molecule has 0 aliphatic carbocycles. The van der Waals surface area contributed by atoms with E-state index in [2.05, 4.69) is 15.5 Å². The number of carbonyl (C=O) groups excluding carboxylic acids is 1. The third-order valence-corrected chi connectivity index (χ3v) is 5.14. The first-order valence-corrected chi connectivity index (χ1v) is 9.88. The zero-order chi connectivity index (χ0) is 22.1. The maximum absolute atomic E-state index is 13.3. The minimum atomic E-state index is -0.435. The van der Waals surface area contributed by atoms with Gasteiger partial charge in [0.15, 0.2) is 5.52 Å². The summed E-state index contributed by atoms with van der Waals surface area (Å²) in [5.41, 5.74) is 3.86. The van der Waals surface area contributed by atoms with E-state index in [0.717, 1.165) is 21.6 Å². The maximum Gasteiger partial charge on any atom is 0.295 e. The summed E-state index contributed by atoms with van der Waals surface area (Å²) in [5, 5.41) is 12.2. The first-order chi connectivity index (χ1) is 14.8. The Morgan fingerprint density at radius 1 is 1.06 bits per heavy atom. The molecular formula is C23H22FN5O2. The Labute approximate surface area is 178 Å². The lowest BCUT2D eigenvalue weighted by Crippen LogP contribution is -2.34. The molecule has 0 unspecified atom stereocenters. The van der Waals surface area contributed by atoms with Crippen molar-refractivity contribution in [2.45, 2.75) is 33.9 Å². The van der Waals surface area contributed by atoms with Crippen LogP contribution in [0, 0.1) is 26.6 Å². The summed E-state index contributed by atoms with van der Waals surface area (Å²) in [6, 6.07) is 13.8. The molecule has 1 amide bonds. The molecule has 4 rings (SSSR count). The monoisotopic (exact) mass is 419 g/mol. The number of hydrogen-bond donors (Lipinski definition) is 1. The Morgan fingerprint density at radius 2 is 1.81 bits per heavy atom. The Morgan fingerprint density at radius 3 is 2.52 bits per heavy atom. The topological polar surface area (TPSA) is 81.8 Å². The molecule has 0 atom stereocenters. The summed E-state index contributed by atoms with van der Waals surface area (Å²) in [4.78, 5) is 25.3. The predicted molar refractivity (Wildman–Crippen MR) is 116 cm³/mol. The zero-order valence-corrected chi connectivity index (χ0v) is 17.5. The number of hydrogen-bond acceptors (Lipinski definition) is 4. The average molecular weight is 419 g/mol. The second-order valence-corrected chi connectivity index (χ2v) is 7.51. The number of fused-ring (bicyclic) bond motifs is 1. The van der Waals surface area contributed by atoms with Gasteiger partial charge in [-0.15, -0.1) is 0 Å². The van der Waals surface area contributed by atoms with E-state index in [1.165, 1.54) is 12.1 Å². The van der Waals surface area contributed by atoms with E-state index in [1.807, 2.05) is 38.1 Å². The lowest BCUT2D eigenvalue weighted by atomic mass is 10.2. The van der Waals surface area contributed by atoms with Crippen LogP contribution >= 0.6 is 0 Å². The van der Waals surface area contributed by atoms with Gasteiger partial charge in [0.25, 0.3) is 5.56 Å². The fourth-order valence-electron chi connectivity index (χ4n) is 3.57. The van der Waals surface area contributed by atoms with Gasteiger partial charge in [-0.3, -0.25) is 9.59 Å². The van der Waals surface area contributed by atoms with Crippen molar-refractivity contribution in [1.82, 2.24) is 24.9 Å². The van der Waals surface area contributed by atoms with Gasteiger partial charge in [-0.05, 0) is 50.6 Å². The van der Waals surface area contributed by atoms with Gasteiger partial charge in [0, 0.05) is 6.54 Å². The van der Waals surface area contributed by atoms with Crippen molar-refractivity contribution in [2.24, 2.45) is 0 Å². The van der Waals surface area contributed by atoms with Crippen LogP contribution in [0.1, 0.15) is 22.5 Å². The molecule has 2 heterocycles. The van der Waals surface area contributed by atoms with E-state index in [9.17, 15) is 14.0 Å². The van der Waals surface area contributed by atoms with Crippen molar-refractivity contribution in [3.8, 4) is 5.69 Å². The van der Waals surface area contributed by atoms with Crippen LogP contribution in [0.3, 0.4) is 0 Å². The molecule has 7 nitrogen and oxygen atoms in total. The number of aryl methyl sites for hydroxylation is 3. The fraction of sp³-hybridized carbons (Fsp3) is 0.217. The normalized spacial score (nSPS) is 11.1. The van der Waals surface area contributed by atoms with Gasteiger partial charge in [-0.2, -0.15) is 10.2 Å². The summed E-state index contributed by atoms with van der Waals surface area (Å²) in [6.45, 7) is 5.59. The van der Waals surface area contributed by atoms with Crippen LogP contribution in [0.25, 0.3) is 16.6 Å². The molecule has 4 aromatic rings. The number of nitrogens with one attached hydrogen (secondary N) is 1. The van der Waals surface area contributed by atoms with Gasteiger partial charge in [-0.25, -0.2) is 13.8 Å². The highest BCUT2D eigenvalue weighted by molar-refractivity contribution is 5.83. The van der Waals surface area contributed by atoms with Crippen LogP contribution in [0.4, 0.5) is 4.39 Å². The third kappa shape index (κ3) is 4.09. The summed E-state index contributed by atoms with van der Waals surface area (Å²) >= 11 is 0. The van der Waals surface area contributed by atoms with Crippen LogP contribution in [0.5, 0.6) is 0 Å². The van der Waals surface area contributed by atoms with Crippen LogP contribution in [0.15, 0.2) is 53.3 Å². The van der Waals surface area contributed by atoms with Crippen LogP contribution in [-0.2, 0) is 17.9 Å². The molecule has 0 aliphatic rings. The summed E-state index contributed by atoms with van der Waals surface area (Å²) < 4.78 is 16.1. The number of halogens is 1. The minimum absolute atomic E-state index is 0.160. The lowest BCUT2D eigenvalue weighted by Gasteiger charge is -2.08. The minimum Gasteiger partial charge on any atom is -0.350 e. The Balaban J connectivity index is 1.62. The van der Waals surface area contributed by atoms with Crippen LogP contribution in [0.2, 0.25) is 0 Å². The standard InChI is InChI=1S/C23H22FN5O2/c1-14-7-9-19(10-8-14)29-16(3)21-15(2)26-28(23(31)22(21)27-29)13-20(30)25-12-17-5-4-6-18(24)11-17/h4-11H,12-13H2,1-3H3,(H,25,30). The van der Waals surface area contributed by atoms with E-state index in [0.29, 0.717) is 16.6 Å². The Hall–Kier alpha value is -3.81. The quantitative estimate of drug-likeness (QED) is 0.539. The van der Waals surface area contributed by atoms with Crippen molar-refractivity contribution >= 4 is 16.8 Å².